The van der Waals surface area contributed by atoms with Crippen molar-refractivity contribution in [2.75, 3.05) is 18.4 Å². The molecule has 35 heavy (non-hydrogen) atoms. The molecule has 5 heterocycles. The van der Waals surface area contributed by atoms with E-state index in [9.17, 15) is 4.79 Å². The summed E-state index contributed by atoms with van der Waals surface area (Å²) in [6, 6.07) is 7.72. The molecule has 180 valence electrons. The first-order valence-corrected chi connectivity index (χ1v) is 11.9. The van der Waals surface area contributed by atoms with Gasteiger partial charge in [0.15, 0.2) is 0 Å². The number of hydrogen-bond acceptors (Lipinski definition) is 7. The van der Waals surface area contributed by atoms with Gasteiger partial charge >= 0.3 is 0 Å². The quantitative estimate of drug-likeness (QED) is 0.455. The van der Waals surface area contributed by atoms with E-state index in [2.05, 4.69) is 39.1 Å². The van der Waals surface area contributed by atoms with Crippen LogP contribution in [0.2, 0.25) is 0 Å². The lowest BCUT2D eigenvalue weighted by Gasteiger charge is -2.34. The lowest BCUT2D eigenvalue weighted by atomic mass is 10.1. The molecule has 9 heteroatoms. The molecule has 1 amide bonds. The Hall–Kier alpha value is -3.85. The van der Waals surface area contributed by atoms with Crippen molar-refractivity contribution in [1.29, 1.82) is 0 Å². The summed E-state index contributed by atoms with van der Waals surface area (Å²) in [6.45, 7) is 6.49. The van der Waals surface area contributed by atoms with Crippen molar-refractivity contribution in [2.24, 2.45) is 7.05 Å². The number of piperidine rings is 1. The van der Waals surface area contributed by atoms with Crippen molar-refractivity contribution >= 4 is 22.6 Å². The Labute approximate surface area is 204 Å². The van der Waals surface area contributed by atoms with Gasteiger partial charge in [-0.05, 0) is 51.0 Å². The monoisotopic (exact) mass is 471 g/mol. The lowest BCUT2D eigenvalue weighted by molar-refractivity contribution is 0.0819. The smallest absolute Gasteiger partial charge is 0.256 e. The van der Waals surface area contributed by atoms with Gasteiger partial charge in [0, 0.05) is 66.8 Å². The van der Waals surface area contributed by atoms with Gasteiger partial charge < -0.3 is 15.0 Å². The summed E-state index contributed by atoms with van der Waals surface area (Å²) in [5, 5.41) is 8.03. The highest BCUT2D eigenvalue weighted by atomic mass is 16.5. The van der Waals surface area contributed by atoms with E-state index in [1.807, 2.05) is 31.6 Å². The van der Waals surface area contributed by atoms with E-state index >= 15 is 0 Å². The van der Waals surface area contributed by atoms with Crippen LogP contribution in [0.15, 0.2) is 55.2 Å². The molecule has 0 aromatic carbocycles. The molecule has 0 atom stereocenters. The van der Waals surface area contributed by atoms with E-state index in [1.165, 1.54) is 0 Å². The van der Waals surface area contributed by atoms with E-state index < -0.39 is 0 Å². The molecule has 0 aliphatic carbocycles. The summed E-state index contributed by atoms with van der Waals surface area (Å²) in [6.07, 6.45) is 10.6. The van der Waals surface area contributed by atoms with Crippen LogP contribution in [0.3, 0.4) is 0 Å². The maximum atomic E-state index is 12.6. The number of ether oxygens (including phenoxy) is 1. The zero-order valence-electron chi connectivity index (χ0n) is 20.2. The fourth-order valence-electron chi connectivity index (χ4n) is 4.34. The second-order valence-corrected chi connectivity index (χ2v) is 9.14. The van der Waals surface area contributed by atoms with Gasteiger partial charge in [0.25, 0.3) is 5.91 Å². The molecular formula is C26H29N7O2. The van der Waals surface area contributed by atoms with Crippen LogP contribution in [-0.2, 0) is 7.05 Å². The number of rotatable bonds is 6. The number of likely N-dealkylation sites (tertiary alicyclic amines) is 1. The van der Waals surface area contributed by atoms with E-state index in [0.717, 1.165) is 42.4 Å². The van der Waals surface area contributed by atoms with Crippen molar-refractivity contribution in [3.63, 3.8) is 0 Å². The Morgan fingerprint density at radius 1 is 1.14 bits per heavy atom. The zero-order chi connectivity index (χ0) is 24.4. The fraction of sp³-hybridized carbons (Fsp3) is 0.346. The summed E-state index contributed by atoms with van der Waals surface area (Å²) < 4.78 is 8.22. The van der Waals surface area contributed by atoms with Gasteiger partial charge in [0.1, 0.15) is 11.9 Å². The largest absolute Gasteiger partial charge is 0.474 e. The number of carbonyl (C=O) groups excluding carboxylic acids is 1. The van der Waals surface area contributed by atoms with Crippen LogP contribution < -0.4 is 10.1 Å². The van der Waals surface area contributed by atoms with Crippen LogP contribution in [0.1, 0.15) is 37.0 Å². The normalized spacial score (nSPS) is 15.0. The van der Waals surface area contributed by atoms with Gasteiger partial charge in [-0.2, -0.15) is 5.10 Å². The number of aromatic nitrogens is 5. The second-order valence-electron chi connectivity index (χ2n) is 9.14. The Morgan fingerprint density at radius 3 is 2.60 bits per heavy atom. The number of nitrogens with zero attached hydrogens (tertiary/aromatic N) is 6. The highest BCUT2D eigenvalue weighted by molar-refractivity contribution is 6.04. The fourth-order valence-corrected chi connectivity index (χ4v) is 4.34. The van der Waals surface area contributed by atoms with E-state index in [0.29, 0.717) is 28.8 Å². The van der Waals surface area contributed by atoms with Crippen molar-refractivity contribution in [1.82, 2.24) is 29.6 Å². The Bertz CT molecular complexity index is 1330. The molecule has 9 nitrogen and oxygen atoms in total. The average Bonchev–Trinajstić information content (AvgIpc) is 3.30. The van der Waals surface area contributed by atoms with Gasteiger partial charge in [0.2, 0.25) is 5.88 Å². The molecule has 0 bridgehead atoms. The molecule has 0 unspecified atom stereocenters. The number of pyridine rings is 3. The second kappa shape index (κ2) is 9.79. The van der Waals surface area contributed by atoms with Crippen molar-refractivity contribution < 1.29 is 9.53 Å². The van der Waals surface area contributed by atoms with Gasteiger partial charge in [-0.25, -0.2) is 9.97 Å². The Balaban J connectivity index is 1.44. The number of carbonyl (C=O) groups is 1. The average molecular weight is 472 g/mol. The summed E-state index contributed by atoms with van der Waals surface area (Å²) in [7, 11) is 1.89. The first-order chi connectivity index (χ1) is 17.0. The third-order valence-corrected chi connectivity index (χ3v) is 6.35. The van der Waals surface area contributed by atoms with E-state index in [4.69, 9.17) is 9.72 Å². The van der Waals surface area contributed by atoms with Crippen LogP contribution >= 0.6 is 0 Å². The highest BCUT2D eigenvalue weighted by Gasteiger charge is 2.24. The van der Waals surface area contributed by atoms with Gasteiger partial charge in [-0.1, -0.05) is 0 Å². The molecule has 1 fully saturated rings. The number of amides is 1. The number of nitrogens with one attached hydrogen (secondary N) is 1. The Morgan fingerprint density at radius 2 is 1.91 bits per heavy atom. The van der Waals surface area contributed by atoms with E-state index in [1.54, 1.807) is 35.4 Å². The highest BCUT2D eigenvalue weighted by Crippen LogP contribution is 2.33. The predicted octanol–water partition coefficient (Wildman–Crippen LogP) is 3.93. The summed E-state index contributed by atoms with van der Waals surface area (Å²) >= 11 is 0. The minimum atomic E-state index is -0.243. The summed E-state index contributed by atoms with van der Waals surface area (Å²) in [5.41, 5.74) is 3.02. The molecule has 1 saturated heterocycles. The third-order valence-electron chi connectivity index (χ3n) is 6.35. The maximum absolute atomic E-state index is 12.6. The standard InChI is InChI=1S/C26H29N7O2/c1-17(2)33-10-6-21(7-11-33)35-26-22(20-14-29-32(3)16-20)12-19-13-24(28-15-23(19)30-26)31-25(34)18-4-8-27-9-5-18/h4-5,8-9,12-17,21H,6-7,10-11H2,1-3H3,(H,28,31,34). The van der Waals surface area contributed by atoms with Crippen LogP contribution in [0.25, 0.3) is 22.0 Å². The number of hydrogen-bond donors (Lipinski definition) is 1. The number of fused-ring (bicyclic) bond motifs is 1. The van der Waals surface area contributed by atoms with Crippen molar-refractivity contribution in [3.05, 3.63) is 60.8 Å². The molecule has 1 aliphatic rings. The van der Waals surface area contributed by atoms with Gasteiger partial charge in [-0.3, -0.25) is 14.5 Å². The lowest BCUT2D eigenvalue weighted by Crippen LogP contribution is -2.41. The SMILES string of the molecule is CC(C)N1CCC(Oc2nc3cnc(NC(=O)c4ccncc4)cc3cc2-c2cnn(C)c2)CC1. The molecule has 1 N–H and O–H groups in total. The molecule has 0 radical (unpaired) electrons. The van der Waals surface area contributed by atoms with Gasteiger partial charge in [-0.15, -0.1) is 0 Å². The van der Waals surface area contributed by atoms with Crippen molar-refractivity contribution in [3.8, 4) is 17.0 Å². The van der Waals surface area contributed by atoms with Gasteiger partial charge in [0.05, 0.1) is 17.9 Å². The van der Waals surface area contributed by atoms with Crippen molar-refractivity contribution in [2.45, 2.75) is 38.8 Å². The predicted molar refractivity (Wildman–Crippen MR) is 134 cm³/mol. The summed E-state index contributed by atoms with van der Waals surface area (Å²) in [5.74, 6) is 0.796. The number of anilines is 1. The molecule has 0 saturated carbocycles. The molecule has 5 rings (SSSR count). The van der Waals surface area contributed by atoms with E-state index in [-0.39, 0.29) is 12.0 Å². The first-order valence-electron chi connectivity index (χ1n) is 11.9. The molecule has 1 aliphatic heterocycles. The topological polar surface area (TPSA) is 98.1 Å². The summed E-state index contributed by atoms with van der Waals surface area (Å²) in [4.78, 5) is 28.2. The minimum Gasteiger partial charge on any atom is -0.474 e. The number of aryl methyl sites for hydroxylation is 1. The molecule has 4 aromatic rings. The van der Waals surface area contributed by atoms with Crippen LogP contribution in [-0.4, -0.2) is 60.8 Å². The first kappa shape index (κ1) is 22.9. The van der Waals surface area contributed by atoms with Crippen LogP contribution in [0, 0.1) is 0 Å². The third kappa shape index (κ3) is 5.14. The zero-order valence-corrected chi connectivity index (χ0v) is 20.2. The molecular weight excluding hydrogens is 442 g/mol. The molecule has 4 aromatic heterocycles. The molecule has 0 spiro atoms. The van der Waals surface area contributed by atoms with Crippen LogP contribution in [0.5, 0.6) is 5.88 Å². The maximum Gasteiger partial charge on any atom is 0.256 e. The minimum absolute atomic E-state index is 0.109. The Kier molecular flexibility index (Phi) is 6.41. The van der Waals surface area contributed by atoms with Crippen LogP contribution in [0.4, 0.5) is 5.82 Å².